The molecular formula is C8H19NO. The SMILES string of the molecule is CCOCCC(C)CNC. The standard InChI is InChI=1S/C8H19NO/c1-4-10-6-5-8(2)7-9-3/h8-9H,4-7H2,1-3H3. The van der Waals surface area contributed by atoms with E-state index in [-0.39, 0.29) is 0 Å². The Morgan fingerprint density at radius 1 is 1.50 bits per heavy atom. The summed E-state index contributed by atoms with van der Waals surface area (Å²) in [6.45, 7) is 7.09. The molecule has 1 unspecified atom stereocenters. The number of hydrogen-bond acceptors (Lipinski definition) is 2. The highest BCUT2D eigenvalue weighted by atomic mass is 16.5. The van der Waals surface area contributed by atoms with Crippen molar-refractivity contribution in [1.29, 1.82) is 0 Å². The first-order chi connectivity index (χ1) is 4.81. The molecule has 1 N–H and O–H groups in total. The molecule has 0 aliphatic heterocycles. The Morgan fingerprint density at radius 2 is 2.20 bits per heavy atom. The van der Waals surface area contributed by atoms with Crippen LogP contribution >= 0.6 is 0 Å². The summed E-state index contributed by atoms with van der Waals surface area (Å²) >= 11 is 0. The van der Waals surface area contributed by atoms with Crippen LogP contribution in [0.1, 0.15) is 20.3 Å². The normalized spacial score (nSPS) is 13.5. The van der Waals surface area contributed by atoms with E-state index in [1.165, 1.54) is 0 Å². The van der Waals surface area contributed by atoms with E-state index in [1.807, 2.05) is 14.0 Å². The van der Waals surface area contributed by atoms with Crippen molar-refractivity contribution in [2.45, 2.75) is 20.3 Å². The van der Waals surface area contributed by atoms with Gasteiger partial charge in [-0.15, -0.1) is 0 Å². The summed E-state index contributed by atoms with van der Waals surface area (Å²) in [6.07, 6.45) is 1.16. The highest BCUT2D eigenvalue weighted by molar-refractivity contribution is 4.53. The maximum absolute atomic E-state index is 5.22. The molecule has 0 bridgehead atoms. The van der Waals surface area contributed by atoms with Crippen LogP contribution in [-0.2, 0) is 4.74 Å². The van der Waals surface area contributed by atoms with Crippen molar-refractivity contribution in [3.63, 3.8) is 0 Å². The molecule has 0 radical (unpaired) electrons. The minimum absolute atomic E-state index is 0.733. The molecule has 0 heterocycles. The third-order valence-electron chi connectivity index (χ3n) is 1.51. The Bertz CT molecular complexity index is 66.3. The molecule has 0 rings (SSSR count). The second-order valence-corrected chi connectivity index (χ2v) is 2.65. The molecule has 0 spiro atoms. The van der Waals surface area contributed by atoms with Crippen LogP contribution in [0.4, 0.5) is 0 Å². The second-order valence-electron chi connectivity index (χ2n) is 2.65. The van der Waals surface area contributed by atoms with Gasteiger partial charge in [0.05, 0.1) is 0 Å². The van der Waals surface area contributed by atoms with E-state index in [4.69, 9.17) is 4.74 Å². The first kappa shape index (κ1) is 9.92. The van der Waals surface area contributed by atoms with Crippen LogP contribution in [0.25, 0.3) is 0 Å². The molecular weight excluding hydrogens is 126 g/mol. The molecule has 0 saturated carbocycles. The lowest BCUT2D eigenvalue weighted by molar-refractivity contribution is 0.134. The maximum Gasteiger partial charge on any atom is 0.0468 e. The Balaban J connectivity index is 2.97. The van der Waals surface area contributed by atoms with Gasteiger partial charge in [0.2, 0.25) is 0 Å². The first-order valence-corrected chi connectivity index (χ1v) is 4.03. The minimum Gasteiger partial charge on any atom is -0.382 e. The average Bonchev–Trinajstić information content (AvgIpc) is 1.89. The van der Waals surface area contributed by atoms with Crippen LogP contribution in [0.15, 0.2) is 0 Å². The maximum atomic E-state index is 5.22. The van der Waals surface area contributed by atoms with Crippen LogP contribution in [0.3, 0.4) is 0 Å². The van der Waals surface area contributed by atoms with Gasteiger partial charge in [-0.25, -0.2) is 0 Å². The van der Waals surface area contributed by atoms with Crippen molar-refractivity contribution in [2.24, 2.45) is 5.92 Å². The van der Waals surface area contributed by atoms with Crippen molar-refractivity contribution < 1.29 is 4.74 Å². The molecule has 10 heavy (non-hydrogen) atoms. The van der Waals surface area contributed by atoms with Gasteiger partial charge in [-0.1, -0.05) is 6.92 Å². The van der Waals surface area contributed by atoms with E-state index in [0.717, 1.165) is 32.1 Å². The molecule has 0 aromatic heterocycles. The summed E-state index contributed by atoms with van der Waals surface area (Å²) in [4.78, 5) is 0. The zero-order valence-corrected chi connectivity index (χ0v) is 7.31. The quantitative estimate of drug-likeness (QED) is 0.568. The Kier molecular flexibility index (Phi) is 6.98. The summed E-state index contributed by atoms with van der Waals surface area (Å²) in [7, 11) is 1.98. The van der Waals surface area contributed by atoms with Gasteiger partial charge >= 0.3 is 0 Å². The topological polar surface area (TPSA) is 21.3 Å². The predicted molar refractivity (Wildman–Crippen MR) is 44.2 cm³/mol. The van der Waals surface area contributed by atoms with E-state index in [1.54, 1.807) is 0 Å². The third kappa shape index (κ3) is 6.05. The summed E-state index contributed by atoms with van der Waals surface area (Å²) in [5.41, 5.74) is 0. The number of hydrogen-bond donors (Lipinski definition) is 1. The molecule has 0 aromatic carbocycles. The average molecular weight is 145 g/mol. The van der Waals surface area contributed by atoms with Crippen LogP contribution in [0.5, 0.6) is 0 Å². The molecule has 0 saturated heterocycles. The number of nitrogens with one attached hydrogen (secondary N) is 1. The summed E-state index contributed by atoms with van der Waals surface area (Å²) in [5.74, 6) is 0.733. The zero-order chi connectivity index (χ0) is 7.82. The molecule has 0 amide bonds. The van der Waals surface area contributed by atoms with Gasteiger partial charge in [0, 0.05) is 13.2 Å². The highest BCUT2D eigenvalue weighted by Gasteiger charge is 1.98. The fourth-order valence-electron chi connectivity index (χ4n) is 0.879. The minimum atomic E-state index is 0.733. The van der Waals surface area contributed by atoms with Gasteiger partial charge in [0.1, 0.15) is 0 Å². The lowest BCUT2D eigenvalue weighted by atomic mass is 10.1. The van der Waals surface area contributed by atoms with E-state index < -0.39 is 0 Å². The summed E-state index contributed by atoms with van der Waals surface area (Å²) < 4.78 is 5.22. The van der Waals surface area contributed by atoms with Crippen LogP contribution in [0, 0.1) is 5.92 Å². The molecule has 0 fully saturated rings. The van der Waals surface area contributed by atoms with E-state index in [0.29, 0.717) is 0 Å². The molecule has 0 aliphatic rings. The molecule has 0 aliphatic carbocycles. The van der Waals surface area contributed by atoms with Crippen LogP contribution in [0.2, 0.25) is 0 Å². The van der Waals surface area contributed by atoms with Gasteiger partial charge < -0.3 is 10.1 Å². The van der Waals surface area contributed by atoms with Crippen molar-refractivity contribution in [3.8, 4) is 0 Å². The van der Waals surface area contributed by atoms with Gasteiger partial charge in [-0.05, 0) is 32.9 Å². The Labute approximate surface area is 64.0 Å². The van der Waals surface area contributed by atoms with Crippen molar-refractivity contribution in [3.05, 3.63) is 0 Å². The lowest BCUT2D eigenvalue weighted by Gasteiger charge is -2.09. The fraction of sp³-hybridized carbons (Fsp3) is 1.00. The molecule has 62 valence electrons. The molecule has 1 atom stereocenters. The van der Waals surface area contributed by atoms with E-state index in [2.05, 4.69) is 12.2 Å². The fourth-order valence-corrected chi connectivity index (χ4v) is 0.879. The molecule has 2 nitrogen and oxygen atoms in total. The van der Waals surface area contributed by atoms with Crippen LogP contribution < -0.4 is 5.32 Å². The van der Waals surface area contributed by atoms with Gasteiger partial charge in [-0.3, -0.25) is 0 Å². The Morgan fingerprint density at radius 3 is 2.70 bits per heavy atom. The smallest absolute Gasteiger partial charge is 0.0468 e. The predicted octanol–water partition coefficient (Wildman–Crippen LogP) is 1.27. The van der Waals surface area contributed by atoms with Gasteiger partial charge in [-0.2, -0.15) is 0 Å². The first-order valence-electron chi connectivity index (χ1n) is 4.03. The Hall–Kier alpha value is -0.0800. The van der Waals surface area contributed by atoms with Crippen molar-refractivity contribution in [2.75, 3.05) is 26.8 Å². The van der Waals surface area contributed by atoms with Gasteiger partial charge in [0.15, 0.2) is 0 Å². The van der Waals surface area contributed by atoms with Crippen LogP contribution in [-0.4, -0.2) is 26.8 Å². The zero-order valence-electron chi connectivity index (χ0n) is 7.31. The van der Waals surface area contributed by atoms with Gasteiger partial charge in [0.25, 0.3) is 0 Å². The molecule has 0 aromatic rings. The summed E-state index contributed by atoms with van der Waals surface area (Å²) in [5, 5.41) is 3.14. The largest absolute Gasteiger partial charge is 0.382 e. The van der Waals surface area contributed by atoms with E-state index in [9.17, 15) is 0 Å². The van der Waals surface area contributed by atoms with Crippen molar-refractivity contribution in [1.82, 2.24) is 5.32 Å². The lowest BCUT2D eigenvalue weighted by Crippen LogP contribution is -2.17. The van der Waals surface area contributed by atoms with Crippen molar-refractivity contribution >= 4 is 0 Å². The van der Waals surface area contributed by atoms with E-state index >= 15 is 0 Å². The highest BCUT2D eigenvalue weighted by Crippen LogP contribution is 1.98. The monoisotopic (exact) mass is 145 g/mol. The summed E-state index contributed by atoms with van der Waals surface area (Å²) in [6, 6.07) is 0. The molecule has 2 heteroatoms. The number of ether oxygens (including phenoxy) is 1. The number of rotatable bonds is 6. The third-order valence-corrected chi connectivity index (χ3v) is 1.51. The second kappa shape index (κ2) is 7.03.